The fourth-order valence-electron chi connectivity index (χ4n) is 8.15. The number of ether oxygens (including phenoxy) is 1. The summed E-state index contributed by atoms with van der Waals surface area (Å²) in [7, 11) is 1.70. The quantitative estimate of drug-likeness (QED) is 0.695. The molecule has 5 rings (SSSR count). The average molecular weight is 411 g/mol. The Morgan fingerprint density at radius 3 is 2.90 bits per heavy atom. The predicted octanol–water partition coefficient (Wildman–Crippen LogP) is 5.01. The van der Waals surface area contributed by atoms with E-state index in [9.17, 15) is 5.11 Å². The molecule has 3 fully saturated rings. The van der Waals surface area contributed by atoms with Gasteiger partial charge in [0.05, 0.1) is 18.5 Å². The first-order chi connectivity index (χ1) is 14.4. The summed E-state index contributed by atoms with van der Waals surface area (Å²) in [4.78, 5) is 4.20. The van der Waals surface area contributed by atoms with Crippen molar-refractivity contribution in [1.29, 1.82) is 0 Å². The van der Waals surface area contributed by atoms with Crippen LogP contribution in [0.2, 0.25) is 0 Å². The molecular weight excluding hydrogens is 372 g/mol. The average Bonchev–Trinajstić information content (AvgIpc) is 3.34. The van der Waals surface area contributed by atoms with E-state index in [1.165, 1.54) is 43.3 Å². The van der Waals surface area contributed by atoms with Crippen LogP contribution in [0.3, 0.4) is 0 Å². The Kier molecular flexibility index (Phi) is 5.22. The van der Waals surface area contributed by atoms with Crippen molar-refractivity contribution in [1.82, 2.24) is 9.55 Å². The van der Waals surface area contributed by atoms with Crippen molar-refractivity contribution in [3.05, 3.63) is 42.5 Å². The van der Waals surface area contributed by atoms with E-state index in [-0.39, 0.29) is 0 Å². The third-order valence-corrected chi connectivity index (χ3v) is 9.44. The van der Waals surface area contributed by atoms with Crippen molar-refractivity contribution in [2.24, 2.45) is 35.0 Å². The van der Waals surface area contributed by atoms with E-state index < -0.39 is 5.60 Å². The Labute approximate surface area is 181 Å². The molecule has 4 aliphatic carbocycles. The molecule has 4 heteroatoms. The molecule has 0 aliphatic heterocycles. The van der Waals surface area contributed by atoms with Crippen molar-refractivity contribution in [3.63, 3.8) is 0 Å². The van der Waals surface area contributed by atoms with Crippen LogP contribution in [0.5, 0.6) is 0 Å². The maximum absolute atomic E-state index is 10.9. The van der Waals surface area contributed by atoms with Crippen molar-refractivity contribution in [2.75, 3.05) is 13.7 Å². The van der Waals surface area contributed by atoms with E-state index in [1.54, 1.807) is 7.11 Å². The predicted molar refractivity (Wildman–Crippen MR) is 119 cm³/mol. The second kappa shape index (κ2) is 7.63. The van der Waals surface area contributed by atoms with Crippen LogP contribution in [-0.4, -0.2) is 34.0 Å². The van der Waals surface area contributed by atoms with Crippen LogP contribution in [-0.2, 0) is 11.3 Å². The topological polar surface area (TPSA) is 47.3 Å². The van der Waals surface area contributed by atoms with Gasteiger partial charge in [-0.2, -0.15) is 0 Å². The highest BCUT2D eigenvalue weighted by Gasteiger charge is 2.56. The third kappa shape index (κ3) is 3.31. The lowest BCUT2D eigenvalue weighted by atomic mass is 9.51. The number of allylic oxidation sites excluding steroid dienone is 2. The first-order valence-corrected chi connectivity index (χ1v) is 12.0. The number of imidazole rings is 1. The molecule has 1 aromatic heterocycles. The Hall–Kier alpha value is -1.39. The van der Waals surface area contributed by atoms with Crippen molar-refractivity contribution >= 4 is 0 Å². The van der Waals surface area contributed by atoms with Gasteiger partial charge in [0, 0.05) is 26.0 Å². The lowest BCUT2D eigenvalue weighted by Crippen LogP contribution is -2.48. The molecular formula is C26H38N2O2. The van der Waals surface area contributed by atoms with E-state index in [4.69, 9.17) is 4.74 Å². The van der Waals surface area contributed by atoms with Crippen LogP contribution < -0.4 is 0 Å². The maximum atomic E-state index is 10.9. The lowest BCUT2D eigenvalue weighted by Gasteiger charge is -2.54. The molecule has 0 bridgehead atoms. The smallest absolute Gasteiger partial charge is 0.0948 e. The number of fused-ring (bicyclic) bond motifs is 5. The molecule has 3 saturated carbocycles. The minimum absolute atomic E-state index is 0.398. The largest absolute Gasteiger partial charge is 0.387 e. The van der Waals surface area contributed by atoms with Gasteiger partial charge in [0.2, 0.25) is 0 Å². The molecule has 0 aromatic carbocycles. The van der Waals surface area contributed by atoms with Gasteiger partial charge in [0.15, 0.2) is 0 Å². The van der Waals surface area contributed by atoms with Gasteiger partial charge in [0.25, 0.3) is 0 Å². The number of aliphatic hydroxyl groups is 1. The molecule has 1 aromatic rings. The van der Waals surface area contributed by atoms with Gasteiger partial charge in [0.1, 0.15) is 0 Å². The van der Waals surface area contributed by atoms with Crippen molar-refractivity contribution in [2.45, 2.75) is 70.4 Å². The van der Waals surface area contributed by atoms with Gasteiger partial charge in [-0.05, 0) is 86.4 Å². The zero-order valence-corrected chi connectivity index (χ0v) is 18.7. The van der Waals surface area contributed by atoms with Crippen molar-refractivity contribution < 1.29 is 9.84 Å². The molecule has 4 aliphatic rings. The molecule has 1 heterocycles. The molecule has 0 radical (unpaired) electrons. The van der Waals surface area contributed by atoms with Gasteiger partial charge in [-0.15, -0.1) is 0 Å². The molecule has 4 nitrogen and oxygen atoms in total. The summed E-state index contributed by atoms with van der Waals surface area (Å²) < 4.78 is 7.49. The zero-order valence-electron chi connectivity index (χ0n) is 18.7. The van der Waals surface area contributed by atoms with Crippen LogP contribution in [0.1, 0.15) is 58.3 Å². The van der Waals surface area contributed by atoms with Gasteiger partial charge < -0.3 is 14.4 Å². The second-order valence-corrected chi connectivity index (χ2v) is 11.0. The van der Waals surface area contributed by atoms with E-state index >= 15 is 0 Å². The highest BCUT2D eigenvalue weighted by molar-refractivity contribution is 5.23. The number of hydrogen-bond acceptors (Lipinski definition) is 3. The molecule has 0 saturated heterocycles. The lowest BCUT2D eigenvalue weighted by molar-refractivity contribution is -0.0676. The van der Waals surface area contributed by atoms with Gasteiger partial charge in [-0.3, -0.25) is 0 Å². The maximum Gasteiger partial charge on any atom is 0.0948 e. The van der Waals surface area contributed by atoms with Crippen LogP contribution >= 0.6 is 0 Å². The normalized spacial score (nSPS) is 42.8. The van der Waals surface area contributed by atoms with Crippen LogP contribution in [0.25, 0.3) is 0 Å². The molecule has 30 heavy (non-hydrogen) atoms. The monoisotopic (exact) mass is 410 g/mol. The molecule has 7 atom stereocenters. The fourth-order valence-corrected chi connectivity index (χ4v) is 8.15. The Bertz CT molecular complexity index is 815. The summed E-state index contributed by atoms with van der Waals surface area (Å²) in [5.74, 6) is 3.78. The standard InChI is InChI=1S/C26H38N2O2/c1-18(15-28-13-12-27-17-28)23-6-7-24-22-5-4-19-14-26(29,16-30-3)11-9-20(19)21(22)8-10-25(23,24)2/h4,12-13,17,20-24,29H,1,5-11,14-16H2,2-3H3/t20-,21+,22+,23+,24-,25+,26-/m0/s1. The first kappa shape index (κ1) is 20.5. The highest BCUT2D eigenvalue weighted by Crippen LogP contribution is 2.64. The zero-order chi connectivity index (χ0) is 20.9. The van der Waals surface area contributed by atoms with Crippen molar-refractivity contribution in [3.8, 4) is 0 Å². The molecule has 0 unspecified atom stereocenters. The van der Waals surface area contributed by atoms with Gasteiger partial charge in [-0.25, -0.2) is 4.98 Å². The van der Waals surface area contributed by atoms with Gasteiger partial charge in [-0.1, -0.05) is 30.7 Å². The number of methoxy groups -OCH3 is 1. The summed E-state index contributed by atoms with van der Waals surface area (Å²) >= 11 is 0. The molecule has 0 amide bonds. The molecule has 1 N–H and O–H groups in total. The Morgan fingerprint density at radius 2 is 2.13 bits per heavy atom. The number of aromatic nitrogens is 2. The summed E-state index contributed by atoms with van der Waals surface area (Å²) in [6.07, 6.45) is 17.7. The number of rotatable bonds is 5. The van der Waals surface area contributed by atoms with E-state index in [0.717, 1.165) is 43.6 Å². The van der Waals surface area contributed by atoms with Crippen LogP contribution in [0.15, 0.2) is 42.5 Å². The Morgan fingerprint density at radius 1 is 1.27 bits per heavy atom. The minimum atomic E-state index is -0.642. The van der Waals surface area contributed by atoms with Crippen LogP contribution in [0, 0.1) is 35.0 Å². The second-order valence-electron chi connectivity index (χ2n) is 11.0. The van der Waals surface area contributed by atoms with Crippen LogP contribution in [0.4, 0.5) is 0 Å². The van der Waals surface area contributed by atoms with E-state index in [0.29, 0.717) is 23.9 Å². The highest BCUT2D eigenvalue weighted by atomic mass is 16.5. The number of hydrogen-bond donors (Lipinski definition) is 1. The first-order valence-electron chi connectivity index (χ1n) is 12.0. The fraction of sp³-hybridized carbons (Fsp3) is 0.731. The van der Waals surface area contributed by atoms with Gasteiger partial charge >= 0.3 is 0 Å². The summed E-state index contributed by atoms with van der Waals surface area (Å²) in [5, 5.41) is 10.9. The molecule has 164 valence electrons. The summed E-state index contributed by atoms with van der Waals surface area (Å²) in [6, 6.07) is 0. The number of nitrogens with zero attached hydrogens (tertiary/aromatic N) is 2. The summed E-state index contributed by atoms with van der Waals surface area (Å²) in [6.45, 7) is 8.50. The van der Waals surface area contributed by atoms with E-state index in [1.807, 2.05) is 12.5 Å². The minimum Gasteiger partial charge on any atom is -0.387 e. The third-order valence-electron chi connectivity index (χ3n) is 9.44. The van der Waals surface area contributed by atoms with E-state index in [2.05, 4.69) is 35.3 Å². The summed E-state index contributed by atoms with van der Waals surface area (Å²) in [5.41, 5.74) is 2.68. The SMILES string of the molecule is C=C(Cn1ccnc1)[C@H]1CC[C@H]2[C@@H]3CC=C4C[C@](O)(COC)CC[C@@H]4[C@H]3CC[C@]12C. The Balaban J connectivity index is 1.33. The molecule has 0 spiro atoms.